The van der Waals surface area contributed by atoms with Crippen LogP contribution in [0.1, 0.15) is 32.3 Å². The molecule has 3 heteroatoms. The number of aromatic nitrogens is 2. The summed E-state index contributed by atoms with van der Waals surface area (Å²) in [6, 6.07) is 33.1. The van der Waals surface area contributed by atoms with Crippen LogP contribution in [0.4, 0.5) is 5.69 Å². The summed E-state index contributed by atoms with van der Waals surface area (Å²) >= 11 is 0. The van der Waals surface area contributed by atoms with E-state index in [2.05, 4.69) is 141 Å². The number of hydrogen-bond donors (Lipinski definition) is 0. The lowest BCUT2D eigenvalue weighted by atomic mass is 9.89. The lowest BCUT2D eigenvalue weighted by molar-refractivity contribution is 0.473. The first-order valence-corrected chi connectivity index (χ1v) is 14.4. The molecule has 0 fully saturated rings. The summed E-state index contributed by atoms with van der Waals surface area (Å²) in [5, 5.41) is 4.71. The van der Waals surface area contributed by atoms with Gasteiger partial charge in [-0.15, -0.1) is 0 Å². The van der Waals surface area contributed by atoms with Gasteiger partial charge in [0.2, 0.25) is 0 Å². The first-order chi connectivity index (χ1) is 20.0. The molecule has 0 saturated carbocycles. The van der Waals surface area contributed by atoms with Gasteiger partial charge in [0, 0.05) is 33.5 Å². The Morgan fingerprint density at radius 1 is 0.634 bits per heavy atom. The summed E-state index contributed by atoms with van der Waals surface area (Å²) in [6.07, 6.45) is 11.0. The van der Waals surface area contributed by atoms with Crippen molar-refractivity contribution in [3.8, 4) is 22.4 Å². The molecule has 8 rings (SSSR count). The Morgan fingerprint density at radius 3 is 1.95 bits per heavy atom. The molecule has 5 aromatic carbocycles. The minimum Gasteiger partial charge on any atom is -0.359 e. The highest BCUT2D eigenvalue weighted by atomic mass is 15.2. The van der Waals surface area contributed by atoms with Crippen LogP contribution in [0.2, 0.25) is 0 Å². The summed E-state index contributed by atoms with van der Waals surface area (Å²) in [6.45, 7) is 6.91. The maximum absolute atomic E-state index is 5.17. The maximum atomic E-state index is 5.17. The molecule has 0 bridgehead atoms. The van der Waals surface area contributed by atoms with Gasteiger partial charge in [0.25, 0.3) is 0 Å². The Kier molecular flexibility index (Phi) is 5.21. The van der Waals surface area contributed by atoms with Crippen molar-refractivity contribution in [3.63, 3.8) is 0 Å². The molecule has 2 heterocycles. The second kappa shape index (κ2) is 8.87. The number of fused-ring (bicyclic) bond motifs is 9. The van der Waals surface area contributed by atoms with E-state index < -0.39 is 0 Å². The smallest absolute Gasteiger partial charge is 0.0979 e. The van der Waals surface area contributed by atoms with Crippen LogP contribution < -0.4 is 4.90 Å². The molecule has 1 aromatic heterocycles. The van der Waals surface area contributed by atoms with Crippen LogP contribution in [0.3, 0.4) is 0 Å². The van der Waals surface area contributed by atoms with E-state index in [9.17, 15) is 0 Å². The quantitative estimate of drug-likeness (QED) is 0.209. The maximum Gasteiger partial charge on any atom is 0.0979 e. The number of allylic oxidation sites excluding steroid dienone is 2. The lowest BCUT2D eigenvalue weighted by Crippen LogP contribution is -2.46. The van der Waals surface area contributed by atoms with E-state index in [0.717, 1.165) is 33.1 Å². The molecule has 6 aromatic rings. The van der Waals surface area contributed by atoms with Gasteiger partial charge < -0.3 is 4.90 Å². The van der Waals surface area contributed by atoms with E-state index in [-0.39, 0.29) is 5.54 Å². The standard InChI is InChI=1S/C38H31N3/c1-38(2,3)41-34-15-9-8-12-29(34)32-22-26(20-21-35(32)41)24-16-18-25(19-17-24)33-23-39-36-30-13-6-4-10-27(30)28-11-5-7-14-31(28)37(36)40-33/h4-23,29,34H,1-3H3. The summed E-state index contributed by atoms with van der Waals surface area (Å²) in [5.41, 5.74) is 9.12. The first-order valence-electron chi connectivity index (χ1n) is 14.4. The highest BCUT2D eigenvalue weighted by molar-refractivity contribution is 6.23. The van der Waals surface area contributed by atoms with Crippen molar-refractivity contribution in [1.82, 2.24) is 9.97 Å². The minimum atomic E-state index is 0.0470. The lowest BCUT2D eigenvalue weighted by Gasteiger charge is -2.40. The van der Waals surface area contributed by atoms with Crippen molar-refractivity contribution in [3.05, 3.63) is 127 Å². The van der Waals surface area contributed by atoms with Crippen LogP contribution in [0, 0.1) is 0 Å². The predicted octanol–water partition coefficient (Wildman–Crippen LogP) is 9.47. The second-order valence-electron chi connectivity index (χ2n) is 12.2. The highest BCUT2D eigenvalue weighted by Crippen LogP contribution is 2.48. The van der Waals surface area contributed by atoms with Crippen LogP contribution in [-0.4, -0.2) is 21.5 Å². The average molecular weight is 530 g/mol. The zero-order chi connectivity index (χ0) is 27.7. The molecule has 3 nitrogen and oxygen atoms in total. The van der Waals surface area contributed by atoms with E-state index >= 15 is 0 Å². The van der Waals surface area contributed by atoms with Crippen LogP contribution in [-0.2, 0) is 0 Å². The molecule has 1 aliphatic heterocycles. The third-order valence-electron chi connectivity index (χ3n) is 8.71. The van der Waals surface area contributed by atoms with E-state index in [1.54, 1.807) is 0 Å². The van der Waals surface area contributed by atoms with Crippen LogP contribution >= 0.6 is 0 Å². The molecule has 0 spiro atoms. The van der Waals surface area contributed by atoms with Gasteiger partial charge in [-0.1, -0.05) is 103 Å². The molecule has 198 valence electrons. The van der Waals surface area contributed by atoms with Gasteiger partial charge in [0.05, 0.1) is 29.0 Å². The Hall–Kier alpha value is -4.76. The Morgan fingerprint density at radius 2 is 1.24 bits per heavy atom. The van der Waals surface area contributed by atoms with Crippen molar-refractivity contribution in [2.24, 2.45) is 0 Å². The third-order valence-corrected chi connectivity index (χ3v) is 8.71. The summed E-state index contributed by atoms with van der Waals surface area (Å²) in [5.74, 6) is 0.382. The van der Waals surface area contributed by atoms with Gasteiger partial charge >= 0.3 is 0 Å². The van der Waals surface area contributed by atoms with E-state index in [1.807, 2.05) is 6.20 Å². The van der Waals surface area contributed by atoms with Crippen molar-refractivity contribution in [2.45, 2.75) is 38.3 Å². The number of nitrogens with zero attached hydrogens (tertiary/aromatic N) is 3. The SMILES string of the molecule is CC(C)(C)N1c2ccc(-c3ccc(-c4cnc5c6ccccc6c6ccccc6c5n4)cc3)cc2C2C=CC=CC21. The minimum absolute atomic E-state index is 0.0470. The van der Waals surface area contributed by atoms with Crippen molar-refractivity contribution in [2.75, 3.05) is 4.90 Å². The predicted molar refractivity (Wildman–Crippen MR) is 172 cm³/mol. The summed E-state index contributed by atoms with van der Waals surface area (Å²) in [4.78, 5) is 12.7. The molecule has 0 saturated heterocycles. The Balaban J connectivity index is 1.19. The monoisotopic (exact) mass is 529 g/mol. The number of benzene rings is 5. The molecule has 41 heavy (non-hydrogen) atoms. The zero-order valence-electron chi connectivity index (χ0n) is 23.5. The average Bonchev–Trinajstić information content (AvgIpc) is 3.35. The van der Waals surface area contributed by atoms with Crippen LogP contribution in [0.5, 0.6) is 0 Å². The van der Waals surface area contributed by atoms with Crippen molar-refractivity contribution >= 4 is 38.3 Å². The van der Waals surface area contributed by atoms with Gasteiger partial charge in [-0.05, 0) is 60.4 Å². The molecule has 0 N–H and O–H groups in total. The molecule has 2 atom stereocenters. The molecule has 0 amide bonds. The van der Waals surface area contributed by atoms with Gasteiger partial charge in [0.15, 0.2) is 0 Å². The molecule has 0 radical (unpaired) electrons. The second-order valence-corrected chi connectivity index (χ2v) is 12.2. The fourth-order valence-electron chi connectivity index (χ4n) is 6.91. The van der Waals surface area contributed by atoms with Gasteiger partial charge in [0.1, 0.15) is 0 Å². The molecular weight excluding hydrogens is 498 g/mol. The third kappa shape index (κ3) is 3.72. The van der Waals surface area contributed by atoms with Crippen LogP contribution in [0.25, 0.3) is 55.0 Å². The van der Waals surface area contributed by atoms with E-state index in [0.29, 0.717) is 12.0 Å². The number of anilines is 1. The summed E-state index contributed by atoms with van der Waals surface area (Å²) in [7, 11) is 0. The highest BCUT2D eigenvalue weighted by Gasteiger charge is 2.41. The summed E-state index contributed by atoms with van der Waals surface area (Å²) < 4.78 is 0. The zero-order valence-corrected chi connectivity index (χ0v) is 23.5. The van der Waals surface area contributed by atoms with E-state index in [1.165, 1.54) is 33.2 Å². The molecule has 2 unspecified atom stereocenters. The van der Waals surface area contributed by atoms with Crippen molar-refractivity contribution in [1.29, 1.82) is 0 Å². The van der Waals surface area contributed by atoms with Crippen LogP contribution in [0.15, 0.2) is 121 Å². The normalized spacial score (nSPS) is 17.9. The Bertz CT molecular complexity index is 2010. The molecular formula is C38H31N3. The number of rotatable bonds is 2. The fraction of sp³-hybridized carbons (Fsp3) is 0.158. The number of hydrogen-bond acceptors (Lipinski definition) is 3. The van der Waals surface area contributed by atoms with E-state index in [4.69, 9.17) is 9.97 Å². The van der Waals surface area contributed by atoms with Gasteiger partial charge in [-0.2, -0.15) is 0 Å². The van der Waals surface area contributed by atoms with Gasteiger partial charge in [-0.25, -0.2) is 4.98 Å². The van der Waals surface area contributed by atoms with Crippen molar-refractivity contribution < 1.29 is 0 Å². The largest absolute Gasteiger partial charge is 0.359 e. The molecule has 1 aliphatic carbocycles. The topological polar surface area (TPSA) is 29.0 Å². The Labute approximate surface area is 240 Å². The fourth-order valence-corrected chi connectivity index (χ4v) is 6.91. The molecule has 2 aliphatic rings. The van der Waals surface area contributed by atoms with Gasteiger partial charge in [-0.3, -0.25) is 4.98 Å². The first kappa shape index (κ1) is 24.1.